The third kappa shape index (κ3) is 4.31. The number of aromatic nitrogens is 1. The van der Waals surface area contributed by atoms with E-state index in [1.165, 1.54) is 24.0 Å². The van der Waals surface area contributed by atoms with Gasteiger partial charge < -0.3 is 9.51 Å². The molecule has 0 aliphatic carbocycles. The van der Waals surface area contributed by atoms with E-state index in [9.17, 15) is 22.7 Å². The van der Waals surface area contributed by atoms with Crippen LogP contribution in [0, 0.1) is 12.7 Å². The van der Waals surface area contributed by atoms with Crippen molar-refractivity contribution in [3.05, 3.63) is 59.5 Å². The Hall–Kier alpha value is -2.52. The van der Waals surface area contributed by atoms with E-state index in [0.29, 0.717) is 21.8 Å². The lowest BCUT2D eigenvalue weighted by Crippen LogP contribution is -2.14. The van der Waals surface area contributed by atoms with Crippen LogP contribution in [0.25, 0.3) is 5.52 Å². The van der Waals surface area contributed by atoms with E-state index >= 15 is 0 Å². The molecule has 0 bridgehead atoms. The summed E-state index contributed by atoms with van der Waals surface area (Å²) in [6.07, 6.45) is 1.18. The van der Waals surface area contributed by atoms with Crippen LogP contribution in [0.4, 0.5) is 10.1 Å². The van der Waals surface area contributed by atoms with Crippen LogP contribution in [-0.2, 0) is 21.2 Å². The maximum Gasteiger partial charge on any atom is 0.307 e. The van der Waals surface area contributed by atoms with Crippen molar-refractivity contribution in [2.75, 3.05) is 10.5 Å². The molecule has 0 radical (unpaired) electrons. The smallest absolute Gasteiger partial charge is 0.307 e. The highest BCUT2D eigenvalue weighted by molar-refractivity contribution is 7.99. The highest BCUT2D eigenvalue weighted by Gasteiger charge is 2.18. The van der Waals surface area contributed by atoms with E-state index in [1.807, 2.05) is 6.92 Å². The number of benzene rings is 1. The summed E-state index contributed by atoms with van der Waals surface area (Å²) >= 11 is 1.36. The number of pyridine rings is 1. The molecule has 28 heavy (non-hydrogen) atoms. The van der Waals surface area contributed by atoms with Gasteiger partial charge in [-0.3, -0.25) is 9.52 Å². The van der Waals surface area contributed by atoms with Crippen LogP contribution in [0.3, 0.4) is 0 Å². The molecule has 9 heteroatoms. The minimum absolute atomic E-state index is 0.0171. The highest BCUT2D eigenvalue weighted by Crippen LogP contribution is 2.36. The topological polar surface area (TPSA) is 87.9 Å². The molecule has 0 unspecified atom stereocenters. The van der Waals surface area contributed by atoms with Crippen LogP contribution in [0.2, 0.25) is 0 Å². The van der Waals surface area contributed by atoms with Gasteiger partial charge >= 0.3 is 5.97 Å². The number of nitrogens with zero attached hydrogens (tertiary/aromatic N) is 1. The van der Waals surface area contributed by atoms with Crippen molar-refractivity contribution in [1.29, 1.82) is 0 Å². The van der Waals surface area contributed by atoms with Gasteiger partial charge in [0.1, 0.15) is 5.82 Å². The predicted molar refractivity (Wildman–Crippen MR) is 107 cm³/mol. The van der Waals surface area contributed by atoms with Crippen LogP contribution < -0.4 is 4.72 Å². The van der Waals surface area contributed by atoms with Crippen LogP contribution in [0.1, 0.15) is 18.1 Å². The van der Waals surface area contributed by atoms with Crippen molar-refractivity contribution in [3.8, 4) is 0 Å². The molecule has 0 atom stereocenters. The largest absolute Gasteiger partial charge is 0.481 e. The van der Waals surface area contributed by atoms with Gasteiger partial charge in [0.2, 0.25) is 10.0 Å². The predicted octanol–water partition coefficient (Wildman–Crippen LogP) is 3.93. The summed E-state index contributed by atoms with van der Waals surface area (Å²) in [5, 5.41) is 9.92. The number of rotatable bonds is 7. The van der Waals surface area contributed by atoms with Gasteiger partial charge in [-0.15, -0.1) is 0 Å². The fraction of sp³-hybridized carbons (Fsp3) is 0.211. The van der Waals surface area contributed by atoms with Crippen LogP contribution in [-0.4, -0.2) is 29.6 Å². The van der Waals surface area contributed by atoms with Crippen LogP contribution >= 0.6 is 11.8 Å². The SMILES string of the molecule is CCS(=O)(=O)Nc1ccc(Sc2c(C)c(CC(=O)O)c3ccc(F)cn23)cc1. The second-order valence-electron chi connectivity index (χ2n) is 6.21. The van der Waals surface area contributed by atoms with Gasteiger partial charge in [0.15, 0.2) is 0 Å². The molecule has 3 rings (SSSR count). The number of carboxylic acid groups (broad SMARTS) is 1. The first-order chi connectivity index (χ1) is 13.2. The van der Waals surface area contributed by atoms with Crippen molar-refractivity contribution in [3.63, 3.8) is 0 Å². The molecule has 3 aromatic rings. The van der Waals surface area contributed by atoms with E-state index < -0.39 is 21.8 Å². The number of carboxylic acids is 1. The summed E-state index contributed by atoms with van der Waals surface area (Å²) in [7, 11) is -3.35. The van der Waals surface area contributed by atoms with Crippen molar-refractivity contribution in [1.82, 2.24) is 4.40 Å². The van der Waals surface area contributed by atoms with E-state index in [0.717, 1.165) is 10.5 Å². The van der Waals surface area contributed by atoms with E-state index in [-0.39, 0.29) is 12.2 Å². The van der Waals surface area contributed by atoms with Gasteiger partial charge in [0, 0.05) is 16.8 Å². The number of aliphatic carboxylic acids is 1. The van der Waals surface area contributed by atoms with Crippen LogP contribution in [0.5, 0.6) is 0 Å². The maximum atomic E-state index is 13.8. The Balaban J connectivity index is 1.97. The molecule has 2 aromatic heterocycles. The highest BCUT2D eigenvalue weighted by atomic mass is 32.2. The minimum atomic E-state index is -3.35. The van der Waals surface area contributed by atoms with Crippen molar-refractivity contribution >= 4 is 39.0 Å². The summed E-state index contributed by atoms with van der Waals surface area (Å²) in [4.78, 5) is 12.0. The molecular formula is C19H19FN2O4S2. The quantitative estimate of drug-likeness (QED) is 0.602. The zero-order chi connectivity index (χ0) is 20.5. The molecule has 0 spiro atoms. The zero-order valence-electron chi connectivity index (χ0n) is 15.3. The molecule has 0 aliphatic heterocycles. The zero-order valence-corrected chi connectivity index (χ0v) is 16.9. The average molecular weight is 423 g/mol. The summed E-state index contributed by atoms with van der Waals surface area (Å²) in [5.41, 5.74) is 2.52. The molecule has 0 aliphatic rings. The van der Waals surface area contributed by atoms with Gasteiger partial charge in [-0.1, -0.05) is 11.8 Å². The van der Waals surface area contributed by atoms with Crippen molar-refractivity contribution in [2.45, 2.75) is 30.2 Å². The molecular weight excluding hydrogens is 403 g/mol. The summed E-state index contributed by atoms with van der Waals surface area (Å²) in [5.74, 6) is -1.39. The molecule has 2 N–H and O–H groups in total. The molecule has 0 saturated heterocycles. The lowest BCUT2D eigenvalue weighted by atomic mass is 10.1. The summed E-state index contributed by atoms with van der Waals surface area (Å²) < 4.78 is 41.2. The third-order valence-electron chi connectivity index (χ3n) is 4.26. The van der Waals surface area contributed by atoms with E-state index in [4.69, 9.17) is 0 Å². The monoisotopic (exact) mass is 422 g/mol. The van der Waals surface area contributed by atoms with Gasteiger partial charge in [-0.25, -0.2) is 12.8 Å². The maximum absolute atomic E-state index is 13.8. The van der Waals surface area contributed by atoms with Gasteiger partial charge in [0.05, 0.1) is 22.7 Å². The number of halogens is 1. The second kappa shape index (κ2) is 7.84. The number of carbonyl (C=O) groups is 1. The number of sulfonamides is 1. The molecule has 0 saturated carbocycles. The van der Waals surface area contributed by atoms with Crippen LogP contribution in [0.15, 0.2) is 52.5 Å². The lowest BCUT2D eigenvalue weighted by molar-refractivity contribution is -0.136. The first-order valence-corrected chi connectivity index (χ1v) is 11.0. The Bertz CT molecular complexity index is 1140. The Kier molecular flexibility index (Phi) is 5.66. The second-order valence-corrected chi connectivity index (χ2v) is 9.29. The Morgan fingerprint density at radius 2 is 1.89 bits per heavy atom. The lowest BCUT2D eigenvalue weighted by Gasteiger charge is -2.08. The molecule has 0 fully saturated rings. The molecule has 0 amide bonds. The van der Waals surface area contributed by atoms with Crippen molar-refractivity contribution in [2.24, 2.45) is 0 Å². The first kappa shape index (κ1) is 20.2. The Morgan fingerprint density at radius 1 is 1.21 bits per heavy atom. The van der Waals surface area contributed by atoms with E-state index in [1.54, 1.807) is 41.7 Å². The number of hydrogen-bond donors (Lipinski definition) is 2. The summed E-state index contributed by atoms with van der Waals surface area (Å²) in [6, 6.07) is 9.70. The fourth-order valence-corrected chi connectivity index (χ4v) is 4.51. The third-order valence-corrected chi connectivity index (χ3v) is 6.77. The van der Waals surface area contributed by atoms with Gasteiger partial charge in [0.25, 0.3) is 0 Å². The van der Waals surface area contributed by atoms with Crippen molar-refractivity contribution < 1.29 is 22.7 Å². The average Bonchev–Trinajstić information content (AvgIpc) is 2.88. The molecule has 2 heterocycles. The Labute approximate surface area is 166 Å². The fourth-order valence-electron chi connectivity index (χ4n) is 2.85. The Morgan fingerprint density at radius 3 is 2.50 bits per heavy atom. The normalized spacial score (nSPS) is 11.7. The number of nitrogens with one attached hydrogen (secondary N) is 1. The standard InChI is InChI=1S/C19H19FN2O4S2/c1-3-28(25,26)21-14-5-7-15(8-6-14)27-19-12(2)16(10-18(23)24)17-9-4-13(20)11-22(17)19/h4-9,11,21H,3,10H2,1-2H3,(H,23,24). The molecule has 1 aromatic carbocycles. The minimum Gasteiger partial charge on any atom is -0.481 e. The van der Waals surface area contributed by atoms with E-state index in [2.05, 4.69) is 4.72 Å². The number of anilines is 1. The van der Waals surface area contributed by atoms with Gasteiger partial charge in [-0.05, 0) is 61.4 Å². The number of hydrogen-bond acceptors (Lipinski definition) is 4. The number of fused-ring (bicyclic) bond motifs is 1. The first-order valence-electron chi connectivity index (χ1n) is 8.49. The molecule has 6 nitrogen and oxygen atoms in total. The molecule has 148 valence electrons. The summed E-state index contributed by atoms with van der Waals surface area (Å²) in [6.45, 7) is 3.37. The van der Waals surface area contributed by atoms with Gasteiger partial charge in [-0.2, -0.15) is 0 Å².